The second-order valence-electron chi connectivity index (χ2n) is 6.41. The molecule has 1 aliphatic rings. The van der Waals surface area contributed by atoms with Crippen LogP contribution in [0.2, 0.25) is 6.04 Å². The molecule has 1 rings (SSSR count). The molecule has 1 heterocycles. The van der Waals surface area contributed by atoms with Crippen molar-refractivity contribution in [1.29, 1.82) is 0 Å². The first-order valence-corrected chi connectivity index (χ1v) is 9.76. The summed E-state index contributed by atoms with van der Waals surface area (Å²) in [5.74, 6) is 1.16. The molecule has 0 aromatic rings. The molecular weight excluding hydrogens is 272 g/mol. The third-order valence-corrected chi connectivity index (χ3v) is 4.92. The highest BCUT2D eigenvalue weighted by Crippen LogP contribution is 2.11. The van der Waals surface area contributed by atoms with Crippen molar-refractivity contribution in [2.75, 3.05) is 33.0 Å². The van der Waals surface area contributed by atoms with Gasteiger partial charge in [0.25, 0.3) is 0 Å². The monoisotopic (exact) mass is 304 g/mol. The van der Waals surface area contributed by atoms with Crippen LogP contribution in [0.25, 0.3) is 0 Å². The van der Waals surface area contributed by atoms with Crippen molar-refractivity contribution in [3.8, 4) is 0 Å². The fraction of sp³-hybridized carbons (Fsp3) is 1.00. The predicted octanol–water partition coefficient (Wildman–Crippen LogP) is 2.75. The van der Waals surface area contributed by atoms with Gasteiger partial charge in [-0.2, -0.15) is 0 Å². The lowest BCUT2D eigenvalue weighted by Gasteiger charge is -2.19. The highest BCUT2D eigenvalue weighted by atomic mass is 28.3. The summed E-state index contributed by atoms with van der Waals surface area (Å²) >= 11 is 0. The third kappa shape index (κ3) is 10.8. The number of hydrogen-bond donors (Lipinski definition) is 0. The maximum absolute atomic E-state index is 5.96. The number of epoxide rings is 1. The van der Waals surface area contributed by atoms with Gasteiger partial charge < -0.3 is 18.3 Å². The molecule has 20 heavy (non-hydrogen) atoms. The van der Waals surface area contributed by atoms with Gasteiger partial charge in [-0.3, -0.25) is 0 Å². The van der Waals surface area contributed by atoms with E-state index in [0.717, 1.165) is 51.9 Å². The summed E-state index contributed by atoms with van der Waals surface area (Å²) in [6.45, 7) is 12.8. The molecule has 0 amide bonds. The Balaban J connectivity index is 2.03. The lowest BCUT2D eigenvalue weighted by molar-refractivity contribution is 0.113. The van der Waals surface area contributed by atoms with E-state index in [1.807, 2.05) is 0 Å². The molecule has 5 heteroatoms. The van der Waals surface area contributed by atoms with Crippen LogP contribution in [0.3, 0.4) is 0 Å². The molecule has 1 atom stereocenters. The summed E-state index contributed by atoms with van der Waals surface area (Å²) in [7, 11) is -1.49. The van der Waals surface area contributed by atoms with Crippen LogP contribution in [-0.4, -0.2) is 48.4 Å². The van der Waals surface area contributed by atoms with Gasteiger partial charge in [0.2, 0.25) is 0 Å². The fourth-order valence-corrected chi connectivity index (χ4v) is 3.96. The minimum atomic E-state index is -1.49. The van der Waals surface area contributed by atoms with E-state index >= 15 is 0 Å². The van der Waals surface area contributed by atoms with E-state index in [4.69, 9.17) is 18.3 Å². The van der Waals surface area contributed by atoms with E-state index in [2.05, 4.69) is 27.7 Å². The van der Waals surface area contributed by atoms with Crippen LogP contribution in [-0.2, 0) is 18.3 Å². The first-order valence-electron chi connectivity index (χ1n) is 8.00. The van der Waals surface area contributed by atoms with Crippen LogP contribution < -0.4 is 0 Å². The van der Waals surface area contributed by atoms with Crippen molar-refractivity contribution < 1.29 is 18.3 Å². The maximum Gasteiger partial charge on any atom is 0.321 e. The molecular formula is C15H32O4Si. The molecule has 120 valence electrons. The molecule has 1 saturated heterocycles. The van der Waals surface area contributed by atoms with Crippen LogP contribution >= 0.6 is 0 Å². The highest BCUT2D eigenvalue weighted by molar-refractivity contribution is 6.44. The number of rotatable bonds is 13. The van der Waals surface area contributed by atoms with Gasteiger partial charge in [0.05, 0.1) is 13.2 Å². The molecule has 0 aliphatic carbocycles. The van der Waals surface area contributed by atoms with E-state index in [1.54, 1.807) is 0 Å². The van der Waals surface area contributed by atoms with Crippen molar-refractivity contribution in [2.24, 2.45) is 11.8 Å². The minimum Gasteiger partial charge on any atom is -0.396 e. The Labute approximate surface area is 126 Å². The predicted molar refractivity (Wildman–Crippen MR) is 83.3 cm³/mol. The third-order valence-electron chi connectivity index (χ3n) is 2.92. The largest absolute Gasteiger partial charge is 0.396 e. The lowest BCUT2D eigenvalue weighted by Crippen LogP contribution is -2.26. The first kappa shape index (κ1) is 18.1. The van der Waals surface area contributed by atoms with E-state index in [-0.39, 0.29) is 0 Å². The van der Waals surface area contributed by atoms with Crippen molar-refractivity contribution in [2.45, 2.75) is 52.7 Å². The van der Waals surface area contributed by atoms with E-state index in [1.165, 1.54) is 0 Å². The lowest BCUT2D eigenvalue weighted by atomic mass is 10.2. The Morgan fingerprint density at radius 2 is 1.65 bits per heavy atom. The van der Waals surface area contributed by atoms with Gasteiger partial charge in [0.15, 0.2) is 0 Å². The van der Waals surface area contributed by atoms with Crippen LogP contribution in [0.5, 0.6) is 0 Å². The molecule has 1 unspecified atom stereocenters. The van der Waals surface area contributed by atoms with Gasteiger partial charge in [-0.15, -0.1) is 0 Å². The number of unbranched alkanes of at least 4 members (excludes halogenated alkanes) is 1. The average Bonchev–Trinajstić information content (AvgIpc) is 3.19. The Morgan fingerprint density at radius 1 is 1.05 bits per heavy atom. The molecule has 1 aliphatic heterocycles. The normalized spacial score (nSPS) is 18.4. The van der Waals surface area contributed by atoms with Crippen LogP contribution in [0, 0.1) is 11.8 Å². The minimum absolute atomic E-state index is 0.376. The molecule has 0 bridgehead atoms. The van der Waals surface area contributed by atoms with Crippen LogP contribution in [0.4, 0.5) is 0 Å². The summed E-state index contributed by atoms with van der Waals surface area (Å²) < 4.78 is 22.6. The smallest absolute Gasteiger partial charge is 0.321 e. The van der Waals surface area contributed by atoms with Gasteiger partial charge in [0.1, 0.15) is 6.10 Å². The number of ether oxygens (including phenoxy) is 2. The summed E-state index contributed by atoms with van der Waals surface area (Å²) in [6, 6.07) is 1.09. The highest BCUT2D eigenvalue weighted by Gasteiger charge is 2.22. The van der Waals surface area contributed by atoms with Gasteiger partial charge in [-0.1, -0.05) is 27.7 Å². The standard InChI is InChI=1S/C15H32O4Si/c1-13(2)9-18-20(19-10-14(3)4)8-6-5-7-16-11-15-12-17-15/h13-15,20H,5-12H2,1-4H3. The van der Waals surface area contributed by atoms with Gasteiger partial charge >= 0.3 is 9.28 Å². The van der Waals surface area contributed by atoms with Gasteiger partial charge in [0, 0.05) is 19.8 Å². The average molecular weight is 305 g/mol. The summed E-state index contributed by atoms with van der Waals surface area (Å²) in [5.41, 5.74) is 0. The molecule has 0 aromatic heterocycles. The fourth-order valence-electron chi connectivity index (χ4n) is 1.71. The summed E-state index contributed by atoms with van der Waals surface area (Å²) in [6.07, 6.45) is 2.60. The second-order valence-corrected chi connectivity index (χ2v) is 8.51. The quantitative estimate of drug-likeness (QED) is 0.298. The maximum atomic E-state index is 5.96. The van der Waals surface area contributed by atoms with Crippen molar-refractivity contribution in [3.05, 3.63) is 0 Å². The van der Waals surface area contributed by atoms with Gasteiger partial charge in [-0.05, 0) is 30.7 Å². The van der Waals surface area contributed by atoms with Crippen molar-refractivity contribution in [3.63, 3.8) is 0 Å². The van der Waals surface area contributed by atoms with Crippen molar-refractivity contribution in [1.82, 2.24) is 0 Å². The van der Waals surface area contributed by atoms with Crippen LogP contribution in [0.15, 0.2) is 0 Å². The Morgan fingerprint density at radius 3 is 2.15 bits per heavy atom. The zero-order chi connectivity index (χ0) is 14.8. The zero-order valence-corrected chi connectivity index (χ0v) is 14.8. The van der Waals surface area contributed by atoms with Crippen molar-refractivity contribution >= 4 is 9.28 Å². The van der Waals surface area contributed by atoms with E-state index in [9.17, 15) is 0 Å². The van der Waals surface area contributed by atoms with E-state index in [0.29, 0.717) is 17.9 Å². The molecule has 4 nitrogen and oxygen atoms in total. The van der Waals surface area contributed by atoms with Gasteiger partial charge in [-0.25, -0.2) is 0 Å². The topological polar surface area (TPSA) is 40.2 Å². The zero-order valence-electron chi connectivity index (χ0n) is 13.6. The van der Waals surface area contributed by atoms with Crippen LogP contribution in [0.1, 0.15) is 40.5 Å². The second kappa shape index (κ2) is 10.7. The summed E-state index contributed by atoms with van der Waals surface area (Å²) in [4.78, 5) is 0. The van der Waals surface area contributed by atoms with E-state index < -0.39 is 9.28 Å². The molecule has 0 aromatic carbocycles. The molecule has 1 fully saturated rings. The first-order chi connectivity index (χ1) is 9.58. The molecule has 0 saturated carbocycles. The molecule has 0 spiro atoms. The number of hydrogen-bond acceptors (Lipinski definition) is 4. The molecule has 0 N–H and O–H groups in total. The Bertz CT molecular complexity index is 220. The summed E-state index contributed by atoms with van der Waals surface area (Å²) in [5, 5.41) is 0. The molecule has 0 radical (unpaired) electrons. The Kier molecular flexibility index (Phi) is 9.72. The SMILES string of the molecule is CC(C)CO[SiH](CCCCOCC1CO1)OCC(C)C. The Hall–Kier alpha value is 0.0569.